The maximum absolute atomic E-state index is 11.0. The van der Waals surface area contributed by atoms with Crippen molar-refractivity contribution in [3.63, 3.8) is 0 Å². The van der Waals surface area contributed by atoms with E-state index in [4.69, 9.17) is 14.2 Å². The van der Waals surface area contributed by atoms with E-state index in [0.29, 0.717) is 28.0 Å². The molecule has 1 atom stereocenters. The Hall–Kier alpha value is -2.56. The number of thiazole rings is 1. The second-order valence-electron chi connectivity index (χ2n) is 7.34. The molecule has 3 heterocycles. The van der Waals surface area contributed by atoms with Crippen LogP contribution in [0.2, 0.25) is 0 Å². The van der Waals surface area contributed by atoms with Gasteiger partial charge in [-0.2, -0.15) is 4.52 Å². The van der Waals surface area contributed by atoms with Gasteiger partial charge in [-0.15, -0.1) is 5.10 Å². The Bertz CT molecular complexity index is 1020. The molecule has 2 aromatic heterocycles. The summed E-state index contributed by atoms with van der Waals surface area (Å²) in [6.07, 6.45) is 0. The summed E-state index contributed by atoms with van der Waals surface area (Å²) in [5.41, 5.74) is 0.950. The van der Waals surface area contributed by atoms with Crippen molar-refractivity contribution >= 4 is 16.3 Å². The second kappa shape index (κ2) is 8.29. The van der Waals surface area contributed by atoms with E-state index in [-0.39, 0.29) is 11.9 Å². The number of hydrogen-bond donors (Lipinski definition) is 1. The summed E-state index contributed by atoms with van der Waals surface area (Å²) in [5, 5.41) is 15.3. The Labute approximate surface area is 179 Å². The van der Waals surface area contributed by atoms with Gasteiger partial charge in [0.15, 0.2) is 11.5 Å². The number of methoxy groups -OCH3 is 3. The van der Waals surface area contributed by atoms with Crippen molar-refractivity contribution in [3.8, 4) is 23.1 Å². The predicted molar refractivity (Wildman–Crippen MR) is 114 cm³/mol. The van der Waals surface area contributed by atoms with Crippen molar-refractivity contribution < 1.29 is 19.3 Å². The molecule has 0 spiro atoms. The molecule has 10 heteroatoms. The number of aryl methyl sites for hydroxylation is 1. The van der Waals surface area contributed by atoms with Crippen molar-refractivity contribution in [3.05, 3.63) is 28.4 Å². The molecular formula is C20H27N5O4S. The molecule has 4 rings (SSSR count). The Balaban J connectivity index is 1.87. The summed E-state index contributed by atoms with van der Waals surface area (Å²) in [6, 6.07) is 3.71. The van der Waals surface area contributed by atoms with Crippen LogP contribution in [0.15, 0.2) is 12.1 Å². The van der Waals surface area contributed by atoms with Crippen LogP contribution in [0.4, 0.5) is 0 Å². The molecule has 1 fully saturated rings. The van der Waals surface area contributed by atoms with E-state index < -0.39 is 0 Å². The average molecular weight is 434 g/mol. The van der Waals surface area contributed by atoms with Crippen LogP contribution in [-0.4, -0.2) is 84.1 Å². The van der Waals surface area contributed by atoms with Crippen LogP contribution >= 0.6 is 11.3 Å². The number of aromatic nitrogens is 3. The number of fused-ring (bicyclic) bond motifs is 1. The monoisotopic (exact) mass is 433 g/mol. The van der Waals surface area contributed by atoms with Gasteiger partial charge in [0, 0.05) is 26.2 Å². The van der Waals surface area contributed by atoms with Gasteiger partial charge in [-0.1, -0.05) is 11.3 Å². The van der Waals surface area contributed by atoms with Crippen molar-refractivity contribution in [2.24, 2.45) is 0 Å². The SMILES string of the molecule is COc1cc(C(c2sc3nc(C)nn3c2O)N2CCN(C)CC2)cc(OC)c1OC. The minimum atomic E-state index is -0.193. The number of likely N-dealkylation sites (N-methyl/N-ethyl adjacent to an activating group) is 1. The lowest BCUT2D eigenvalue weighted by Crippen LogP contribution is -2.46. The van der Waals surface area contributed by atoms with Gasteiger partial charge < -0.3 is 24.2 Å². The van der Waals surface area contributed by atoms with Gasteiger partial charge in [-0.05, 0) is 31.7 Å². The van der Waals surface area contributed by atoms with Crippen LogP contribution in [0.5, 0.6) is 23.1 Å². The topological polar surface area (TPSA) is 84.6 Å². The van der Waals surface area contributed by atoms with Crippen molar-refractivity contribution in [2.45, 2.75) is 13.0 Å². The normalized spacial score (nSPS) is 16.7. The van der Waals surface area contributed by atoms with Gasteiger partial charge in [0.25, 0.3) is 0 Å². The lowest BCUT2D eigenvalue weighted by atomic mass is 10.0. The summed E-state index contributed by atoms with van der Waals surface area (Å²) >= 11 is 1.45. The third-order valence-corrected chi connectivity index (χ3v) is 6.53. The summed E-state index contributed by atoms with van der Waals surface area (Å²) in [5.74, 6) is 2.46. The summed E-state index contributed by atoms with van der Waals surface area (Å²) in [7, 11) is 6.92. The minimum absolute atomic E-state index is 0.119. The van der Waals surface area contributed by atoms with Crippen LogP contribution in [-0.2, 0) is 0 Å². The van der Waals surface area contributed by atoms with Crippen LogP contribution < -0.4 is 14.2 Å². The molecule has 0 amide bonds. The van der Waals surface area contributed by atoms with E-state index in [1.54, 1.807) is 21.3 Å². The Morgan fingerprint density at radius 3 is 2.20 bits per heavy atom. The van der Waals surface area contributed by atoms with E-state index in [9.17, 15) is 5.11 Å². The van der Waals surface area contributed by atoms with E-state index in [0.717, 1.165) is 36.6 Å². The van der Waals surface area contributed by atoms with Gasteiger partial charge in [0.1, 0.15) is 5.82 Å². The standard InChI is InChI=1S/C20H27N5O4S/c1-12-21-20-25(22-12)19(26)18(30-20)16(24-8-6-23(2)7-9-24)13-10-14(27-3)17(29-5)15(11-13)28-4/h10-11,16,26H,6-9H2,1-5H3. The lowest BCUT2D eigenvalue weighted by molar-refractivity contribution is 0.127. The number of aromatic hydroxyl groups is 1. The van der Waals surface area contributed by atoms with Gasteiger partial charge in [0.2, 0.25) is 16.6 Å². The molecule has 0 radical (unpaired) electrons. The highest BCUT2D eigenvalue weighted by Gasteiger charge is 2.32. The van der Waals surface area contributed by atoms with E-state index in [1.165, 1.54) is 15.9 Å². The molecule has 1 unspecified atom stereocenters. The van der Waals surface area contributed by atoms with Crippen molar-refractivity contribution in [2.75, 3.05) is 54.6 Å². The zero-order valence-electron chi connectivity index (χ0n) is 17.9. The highest BCUT2D eigenvalue weighted by atomic mass is 32.1. The van der Waals surface area contributed by atoms with Crippen LogP contribution in [0, 0.1) is 6.92 Å². The minimum Gasteiger partial charge on any atom is -0.493 e. The zero-order chi connectivity index (χ0) is 21.4. The van der Waals surface area contributed by atoms with E-state index in [2.05, 4.69) is 26.9 Å². The fraction of sp³-hybridized carbons (Fsp3) is 0.500. The van der Waals surface area contributed by atoms with E-state index >= 15 is 0 Å². The summed E-state index contributed by atoms with van der Waals surface area (Å²) < 4.78 is 18.2. The van der Waals surface area contributed by atoms with Gasteiger partial charge in [0.05, 0.1) is 32.2 Å². The average Bonchev–Trinajstić information content (AvgIpc) is 3.25. The molecule has 3 aromatic rings. The Kier molecular flexibility index (Phi) is 5.72. The quantitative estimate of drug-likeness (QED) is 0.633. The molecule has 0 saturated carbocycles. The first-order valence-electron chi connectivity index (χ1n) is 9.74. The predicted octanol–water partition coefficient (Wildman–Crippen LogP) is 2.17. The molecule has 30 heavy (non-hydrogen) atoms. The first kappa shape index (κ1) is 20.7. The third-order valence-electron chi connectivity index (χ3n) is 5.46. The first-order chi connectivity index (χ1) is 14.5. The lowest BCUT2D eigenvalue weighted by Gasteiger charge is -2.38. The molecule has 1 N–H and O–H groups in total. The Morgan fingerprint density at radius 2 is 1.67 bits per heavy atom. The number of ether oxygens (including phenoxy) is 3. The Morgan fingerprint density at radius 1 is 1.03 bits per heavy atom. The van der Waals surface area contributed by atoms with Crippen LogP contribution in [0.1, 0.15) is 22.3 Å². The number of rotatable bonds is 6. The largest absolute Gasteiger partial charge is 0.493 e. The smallest absolute Gasteiger partial charge is 0.230 e. The molecule has 0 bridgehead atoms. The van der Waals surface area contributed by atoms with Gasteiger partial charge in [-0.25, -0.2) is 4.98 Å². The van der Waals surface area contributed by atoms with Crippen molar-refractivity contribution in [1.82, 2.24) is 24.4 Å². The first-order valence-corrected chi connectivity index (χ1v) is 10.6. The van der Waals surface area contributed by atoms with Gasteiger partial charge in [-0.3, -0.25) is 4.90 Å². The molecule has 9 nitrogen and oxygen atoms in total. The van der Waals surface area contributed by atoms with Gasteiger partial charge >= 0.3 is 0 Å². The van der Waals surface area contributed by atoms with Crippen LogP contribution in [0.25, 0.3) is 4.96 Å². The summed E-state index contributed by atoms with van der Waals surface area (Å²) in [6.45, 7) is 5.44. The third kappa shape index (κ3) is 3.55. The number of benzene rings is 1. The fourth-order valence-corrected chi connectivity index (χ4v) is 5.06. The molecular weight excluding hydrogens is 406 g/mol. The van der Waals surface area contributed by atoms with Crippen molar-refractivity contribution in [1.29, 1.82) is 0 Å². The number of nitrogens with zero attached hydrogens (tertiary/aromatic N) is 5. The molecule has 1 saturated heterocycles. The van der Waals surface area contributed by atoms with E-state index in [1.807, 2.05) is 19.1 Å². The van der Waals surface area contributed by atoms with Crippen LogP contribution in [0.3, 0.4) is 0 Å². The number of piperazine rings is 1. The molecule has 1 aliphatic heterocycles. The maximum Gasteiger partial charge on any atom is 0.230 e. The fourth-order valence-electron chi connectivity index (χ4n) is 3.89. The number of hydrogen-bond acceptors (Lipinski definition) is 9. The summed E-state index contributed by atoms with van der Waals surface area (Å²) in [4.78, 5) is 10.6. The second-order valence-corrected chi connectivity index (χ2v) is 8.35. The maximum atomic E-state index is 11.0. The molecule has 1 aliphatic rings. The molecule has 162 valence electrons. The zero-order valence-corrected chi connectivity index (χ0v) is 18.7. The molecule has 0 aliphatic carbocycles. The highest BCUT2D eigenvalue weighted by Crippen LogP contribution is 2.45. The molecule has 1 aromatic carbocycles. The highest BCUT2D eigenvalue weighted by molar-refractivity contribution is 7.17.